The molecule has 8 heteroatoms. The third kappa shape index (κ3) is 4.32. The minimum absolute atomic E-state index is 0.105. The van der Waals surface area contributed by atoms with Crippen LogP contribution < -0.4 is 9.47 Å². The standard InChI is InChI=1S/C25H22ClNO6/c1-3-32-17-7-4-6-15(12-17)14-27-22(20-8-5-11-33-20)21(24(29)25(27)30)23(28)18-13-16(31-2)9-10-19(18)26/h4-13,22,28H,3,14H2,1-2H3/b23-21-. The Morgan fingerprint density at radius 3 is 2.64 bits per heavy atom. The second kappa shape index (κ2) is 9.42. The highest BCUT2D eigenvalue weighted by atomic mass is 35.5. The number of benzene rings is 2. The number of carbonyl (C=O) groups is 2. The molecule has 0 spiro atoms. The molecular formula is C25H22ClNO6. The van der Waals surface area contributed by atoms with Gasteiger partial charge in [-0.15, -0.1) is 0 Å². The highest BCUT2D eigenvalue weighted by Crippen LogP contribution is 2.42. The van der Waals surface area contributed by atoms with Gasteiger partial charge in [0.2, 0.25) is 0 Å². The molecule has 7 nitrogen and oxygen atoms in total. The number of aliphatic hydroxyl groups is 1. The molecule has 1 fully saturated rings. The molecule has 1 amide bonds. The molecule has 2 heterocycles. The summed E-state index contributed by atoms with van der Waals surface area (Å²) < 4.78 is 16.3. The van der Waals surface area contributed by atoms with Crippen molar-refractivity contribution in [2.45, 2.75) is 19.5 Å². The average Bonchev–Trinajstić information content (AvgIpc) is 3.42. The molecule has 1 N–H and O–H groups in total. The topological polar surface area (TPSA) is 89.2 Å². The molecule has 1 saturated heterocycles. The normalized spacial score (nSPS) is 17.4. The van der Waals surface area contributed by atoms with Crippen LogP contribution in [0.25, 0.3) is 5.76 Å². The highest BCUT2D eigenvalue weighted by Gasteiger charge is 2.47. The highest BCUT2D eigenvalue weighted by molar-refractivity contribution is 6.46. The van der Waals surface area contributed by atoms with Crippen LogP contribution in [0.5, 0.6) is 11.5 Å². The van der Waals surface area contributed by atoms with Gasteiger partial charge in [-0.3, -0.25) is 9.59 Å². The van der Waals surface area contributed by atoms with Gasteiger partial charge in [-0.1, -0.05) is 23.7 Å². The molecule has 170 valence electrons. The van der Waals surface area contributed by atoms with Crippen LogP contribution in [0, 0.1) is 0 Å². The van der Waals surface area contributed by atoms with Gasteiger partial charge in [-0.25, -0.2) is 0 Å². The first kappa shape index (κ1) is 22.5. The number of carbonyl (C=O) groups excluding carboxylic acids is 2. The molecule has 0 aliphatic carbocycles. The number of methoxy groups -OCH3 is 1. The quantitative estimate of drug-likeness (QED) is 0.300. The summed E-state index contributed by atoms with van der Waals surface area (Å²) in [5.41, 5.74) is 0.841. The van der Waals surface area contributed by atoms with E-state index < -0.39 is 23.5 Å². The molecular weight excluding hydrogens is 446 g/mol. The van der Waals surface area contributed by atoms with Crippen LogP contribution in [0.2, 0.25) is 5.02 Å². The summed E-state index contributed by atoms with van der Waals surface area (Å²) in [4.78, 5) is 27.6. The fourth-order valence-corrected chi connectivity index (χ4v) is 4.05. The summed E-state index contributed by atoms with van der Waals surface area (Å²) in [6.45, 7) is 2.49. The van der Waals surface area contributed by atoms with Crippen LogP contribution in [0.4, 0.5) is 0 Å². The zero-order chi connectivity index (χ0) is 23.5. The number of hydrogen-bond acceptors (Lipinski definition) is 6. The van der Waals surface area contributed by atoms with Crippen molar-refractivity contribution in [3.05, 3.63) is 88.3 Å². The molecule has 1 aromatic heterocycles. The number of halogens is 1. The fourth-order valence-electron chi connectivity index (χ4n) is 3.84. The van der Waals surface area contributed by atoms with Crippen molar-refractivity contribution < 1.29 is 28.6 Å². The Bertz CT molecular complexity index is 1220. The minimum Gasteiger partial charge on any atom is -0.507 e. The second-order valence-electron chi connectivity index (χ2n) is 7.37. The Labute approximate surface area is 195 Å². The van der Waals surface area contributed by atoms with Gasteiger partial charge in [0.15, 0.2) is 0 Å². The lowest BCUT2D eigenvalue weighted by molar-refractivity contribution is -0.140. The zero-order valence-corrected chi connectivity index (χ0v) is 18.8. The molecule has 4 rings (SSSR count). The number of Topliss-reactive ketones (excluding diaryl/α,β-unsaturated/α-hetero) is 1. The third-order valence-corrected chi connectivity index (χ3v) is 5.67. The Morgan fingerprint density at radius 2 is 1.94 bits per heavy atom. The van der Waals surface area contributed by atoms with Crippen LogP contribution >= 0.6 is 11.6 Å². The maximum Gasteiger partial charge on any atom is 0.296 e. The zero-order valence-electron chi connectivity index (χ0n) is 18.1. The van der Waals surface area contributed by atoms with Crippen LogP contribution in [0.15, 0.2) is 70.9 Å². The molecule has 3 aromatic rings. The van der Waals surface area contributed by atoms with Gasteiger partial charge in [-0.2, -0.15) is 0 Å². The van der Waals surface area contributed by atoms with Crippen LogP contribution in [0.1, 0.15) is 29.9 Å². The number of likely N-dealkylation sites (tertiary alicyclic amines) is 1. The number of furan rings is 1. The van der Waals surface area contributed by atoms with E-state index in [1.807, 2.05) is 25.1 Å². The number of aliphatic hydroxyl groups excluding tert-OH is 1. The van der Waals surface area contributed by atoms with E-state index in [1.54, 1.807) is 30.3 Å². The van der Waals surface area contributed by atoms with Crippen molar-refractivity contribution in [3.63, 3.8) is 0 Å². The number of nitrogens with zero attached hydrogens (tertiary/aromatic N) is 1. The van der Waals surface area contributed by atoms with Crippen LogP contribution in [-0.4, -0.2) is 35.4 Å². The maximum absolute atomic E-state index is 13.1. The average molecular weight is 468 g/mol. The van der Waals surface area contributed by atoms with E-state index in [1.165, 1.54) is 24.3 Å². The van der Waals surface area contributed by atoms with E-state index in [9.17, 15) is 14.7 Å². The Balaban J connectivity index is 1.82. The van der Waals surface area contributed by atoms with Gasteiger partial charge in [0.25, 0.3) is 11.7 Å². The second-order valence-corrected chi connectivity index (χ2v) is 7.78. The predicted octanol–water partition coefficient (Wildman–Crippen LogP) is 4.96. The Kier molecular flexibility index (Phi) is 6.42. The van der Waals surface area contributed by atoms with Gasteiger partial charge in [0, 0.05) is 12.1 Å². The fraction of sp³-hybridized carbons (Fsp3) is 0.200. The molecule has 0 bridgehead atoms. The monoisotopic (exact) mass is 467 g/mol. The summed E-state index contributed by atoms with van der Waals surface area (Å²) >= 11 is 6.30. The van der Waals surface area contributed by atoms with Gasteiger partial charge < -0.3 is 23.9 Å². The number of amides is 1. The summed E-state index contributed by atoms with van der Waals surface area (Å²) in [7, 11) is 1.48. The lowest BCUT2D eigenvalue weighted by Gasteiger charge is -2.23. The van der Waals surface area contributed by atoms with E-state index in [0.717, 1.165) is 5.56 Å². The maximum atomic E-state index is 13.1. The van der Waals surface area contributed by atoms with E-state index in [2.05, 4.69) is 0 Å². The lowest BCUT2D eigenvalue weighted by Crippen LogP contribution is -2.29. The van der Waals surface area contributed by atoms with Crippen molar-refractivity contribution >= 4 is 29.1 Å². The Hall–Kier alpha value is -3.71. The van der Waals surface area contributed by atoms with Gasteiger partial charge in [0.1, 0.15) is 29.1 Å². The number of hydrogen-bond donors (Lipinski definition) is 1. The van der Waals surface area contributed by atoms with Crippen LogP contribution in [-0.2, 0) is 16.1 Å². The predicted molar refractivity (Wildman–Crippen MR) is 122 cm³/mol. The molecule has 0 radical (unpaired) electrons. The number of ether oxygens (including phenoxy) is 2. The van der Waals surface area contributed by atoms with Crippen molar-refractivity contribution in [1.29, 1.82) is 0 Å². The van der Waals surface area contributed by atoms with E-state index >= 15 is 0 Å². The minimum atomic E-state index is -0.932. The smallest absolute Gasteiger partial charge is 0.296 e. The molecule has 1 unspecified atom stereocenters. The largest absolute Gasteiger partial charge is 0.507 e. The van der Waals surface area contributed by atoms with Crippen molar-refractivity contribution in [1.82, 2.24) is 4.90 Å². The number of ketones is 1. The van der Waals surface area contributed by atoms with Gasteiger partial charge in [-0.05, 0) is 55.0 Å². The first-order chi connectivity index (χ1) is 15.9. The summed E-state index contributed by atoms with van der Waals surface area (Å²) in [6, 6.07) is 14.3. The molecule has 2 aromatic carbocycles. The lowest BCUT2D eigenvalue weighted by atomic mass is 9.99. The Morgan fingerprint density at radius 1 is 1.12 bits per heavy atom. The van der Waals surface area contributed by atoms with Crippen LogP contribution in [0.3, 0.4) is 0 Å². The van der Waals surface area contributed by atoms with Crippen molar-refractivity contribution in [3.8, 4) is 11.5 Å². The van der Waals surface area contributed by atoms with Crippen molar-refractivity contribution in [2.24, 2.45) is 0 Å². The van der Waals surface area contributed by atoms with E-state index in [-0.39, 0.29) is 22.7 Å². The summed E-state index contributed by atoms with van der Waals surface area (Å²) in [5, 5.41) is 11.4. The molecule has 1 aliphatic rings. The first-order valence-electron chi connectivity index (χ1n) is 10.3. The molecule has 33 heavy (non-hydrogen) atoms. The molecule has 1 aliphatic heterocycles. The molecule has 1 atom stereocenters. The first-order valence-corrected chi connectivity index (χ1v) is 10.7. The van der Waals surface area contributed by atoms with E-state index in [4.69, 9.17) is 25.5 Å². The van der Waals surface area contributed by atoms with Gasteiger partial charge >= 0.3 is 0 Å². The summed E-state index contributed by atoms with van der Waals surface area (Å²) in [6.07, 6.45) is 1.45. The number of rotatable bonds is 7. The summed E-state index contributed by atoms with van der Waals surface area (Å²) in [5.74, 6) is -0.533. The SMILES string of the molecule is CCOc1cccc(CN2C(=O)C(=O)/C(=C(\O)c3cc(OC)ccc3Cl)C2c2ccco2)c1. The molecule has 0 saturated carbocycles. The van der Waals surface area contributed by atoms with Gasteiger partial charge in [0.05, 0.1) is 30.6 Å². The third-order valence-electron chi connectivity index (χ3n) is 5.34. The van der Waals surface area contributed by atoms with E-state index in [0.29, 0.717) is 23.9 Å². The van der Waals surface area contributed by atoms with Crippen molar-refractivity contribution in [2.75, 3.05) is 13.7 Å².